The monoisotopic (exact) mass is 333 g/mol. The number of amides is 2. The molecule has 130 valence electrons. The number of aromatic amines is 1. The highest BCUT2D eigenvalue weighted by molar-refractivity contribution is 5.86. The molecule has 0 aliphatic rings. The number of benzene rings is 1. The number of carbonyl (C=O) groups is 2. The maximum Gasteiger partial charge on any atom is 0.406 e. The van der Waals surface area contributed by atoms with Gasteiger partial charge in [0, 0.05) is 30.1 Å². The van der Waals surface area contributed by atoms with Crippen LogP contribution in [0.4, 0.5) is 4.79 Å². The van der Waals surface area contributed by atoms with E-state index >= 15 is 0 Å². The first-order chi connectivity index (χ1) is 11.5. The molecule has 0 aliphatic carbocycles. The zero-order valence-electron chi connectivity index (χ0n) is 14.2. The SMILES string of the molecule is COC(=O)NCCOc1ccc2[nH]c(C)c(CCNC(C)=O)c2c1. The topological polar surface area (TPSA) is 92.4 Å². The summed E-state index contributed by atoms with van der Waals surface area (Å²) in [6.45, 7) is 4.84. The molecule has 7 nitrogen and oxygen atoms in total. The predicted octanol–water partition coefficient (Wildman–Crippen LogP) is 1.89. The first kappa shape index (κ1) is 17.7. The molecule has 0 radical (unpaired) electrons. The van der Waals surface area contributed by atoms with Crippen LogP contribution in [0.15, 0.2) is 18.2 Å². The summed E-state index contributed by atoms with van der Waals surface area (Å²) in [7, 11) is 1.32. The minimum Gasteiger partial charge on any atom is -0.492 e. The van der Waals surface area contributed by atoms with Crippen molar-refractivity contribution >= 4 is 22.9 Å². The Bertz CT molecular complexity index is 724. The van der Waals surface area contributed by atoms with Crippen LogP contribution in [0, 0.1) is 6.92 Å². The van der Waals surface area contributed by atoms with E-state index in [-0.39, 0.29) is 5.91 Å². The number of hydrogen-bond acceptors (Lipinski definition) is 4. The van der Waals surface area contributed by atoms with Crippen molar-refractivity contribution in [1.82, 2.24) is 15.6 Å². The first-order valence-electron chi connectivity index (χ1n) is 7.81. The Balaban J connectivity index is 2.02. The number of carbonyl (C=O) groups excluding carboxylic acids is 2. The Morgan fingerprint density at radius 2 is 2.00 bits per heavy atom. The number of nitrogens with one attached hydrogen (secondary N) is 3. The standard InChI is InChI=1S/C17H23N3O4/c1-11-14(6-7-18-12(2)21)15-10-13(4-5-16(15)20-11)24-9-8-19-17(22)23-3/h4-5,10,20H,6-9H2,1-3H3,(H,18,21)(H,19,22). The van der Waals surface area contributed by atoms with Crippen molar-refractivity contribution in [2.24, 2.45) is 0 Å². The molecule has 0 saturated heterocycles. The summed E-state index contributed by atoms with van der Waals surface area (Å²) in [6.07, 6.45) is 0.272. The zero-order valence-corrected chi connectivity index (χ0v) is 14.2. The molecule has 2 amide bonds. The molecule has 1 aromatic heterocycles. The van der Waals surface area contributed by atoms with Crippen LogP contribution in [0.3, 0.4) is 0 Å². The van der Waals surface area contributed by atoms with Gasteiger partial charge in [0.15, 0.2) is 0 Å². The zero-order chi connectivity index (χ0) is 17.5. The molecule has 0 atom stereocenters. The quantitative estimate of drug-likeness (QED) is 0.675. The molecule has 0 spiro atoms. The number of aromatic nitrogens is 1. The van der Waals surface area contributed by atoms with Crippen molar-refractivity contribution in [3.63, 3.8) is 0 Å². The lowest BCUT2D eigenvalue weighted by Crippen LogP contribution is -2.27. The number of H-pyrrole nitrogens is 1. The van der Waals surface area contributed by atoms with Crippen LogP contribution in [-0.2, 0) is 16.0 Å². The van der Waals surface area contributed by atoms with Gasteiger partial charge in [-0.15, -0.1) is 0 Å². The molecule has 0 unspecified atom stereocenters. The number of fused-ring (bicyclic) bond motifs is 1. The Morgan fingerprint density at radius 3 is 2.71 bits per heavy atom. The summed E-state index contributed by atoms with van der Waals surface area (Å²) in [5.74, 6) is 0.698. The maximum absolute atomic E-state index is 11.0. The van der Waals surface area contributed by atoms with Crippen molar-refractivity contribution in [3.05, 3.63) is 29.5 Å². The van der Waals surface area contributed by atoms with E-state index in [1.54, 1.807) is 0 Å². The van der Waals surface area contributed by atoms with Gasteiger partial charge in [0.25, 0.3) is 0 Å². The smallest absolute Gasteiger partial charge is 0.406 e. The second-order valence-corrected chi connectivity index (χ2v) is 5.44. The molecule has 0 saturated carbocycles. The van der Waals surface area contributed by atoms with E-state index in [1.165, 1.54) is 14.0 Å². The van der Waals surface area contributed by atoms with Crippen molar-refractivity contribution in [2.45, 2.75) is 20.3 Å². The molecule has 2 aromatic rings. The second-order valence-electron chi connectivity index (χ2n) is 5.44. The average molecular weight is 333 g/mol. The lowest BCUT2D eigenvalue weighted by atomic mass is 10.1. The molecule has 7 heteroatoms. The summed E-state index contributed by atoms with van der Waals surface area (Å²) in [4.78, 5) is 25.3. The van der Waals surface area contributed by atoms with Crippen molar-refractivity contribution < 1.29 is 19.1 Å². The van der Waals surface area contributed by atoms with Crippen LogP contribution in [0.1, 0.15) is 18.2 Å². The van der Waals surface area contributed by atoms with E-state index in [1.807, 2.05) is 25.1 Å². The van der Waals surface area contributed by atoms with Crippen LogP contribution in [-0.4, -0.2) is 43.8 Å². The minimum absolute atomic E-state index is 0.0328. The number of alkyl carbamates (subject to hydrolysis) is 1. The summed E-state index contributed by atoms with van der Waals surface area (Å²) in [5.41, 5.74) is 3.28. The summed E-state index contributed by atoms with van der Waals surface area (Å²) < 4.78 is 10.2. The molecule has 3 N–H and O–H groups in total. The van der Waals surface area contributed by atoms with Crippen LogP contribution >= 0.6 is 0 Å². The maximum atomic E-state index is 11.0. The van der Waals surface area contributed by atoms with E-state index in [0.717, 1.165) is 34.3 Å². The van der Waals surface area contributed by atoms with Gasteiger partial charge >= 0.3 is 6.09 Å². The normalized spacial score (nSPS) is 10.5. The number of aryl methyl sites for hydroxylation is 1. The van der Waals surface area contributed by atoms with Crippen molar-refractivity contribution in [1.29, 1.82) is 0 Å². The highest BCUT2D eigenvalue weighted by Crippen LogP contribution is 2.26. The highest BCUT2D eigenvalue weighted by Gasteiger charge is 2.10. The minimum atomic E-state index is -0.476. The van der Waals surface area contributed by atoms with Gasteiger partial charge in [0.05, 0.1) is 13.7 Å². The Labute approximate surface area is 140 Å². The van der Waals surface area contributed by atoms with Gasteiger partial charge in [-0.3, -0.25) is 4.79 Å². The van der Waals surface area contributed by atoms with Crippen LogP contribution in [0.25, 0.3) is 10.9 Å². The molecule has 1 heterocycles. The average Bonchev–Trinajstić information content (AvgIpc) is 2.86. The number of methoxy groups -OCH3 is 1. The summed E-state index contributed by atoms with van der Waals surface area (Å²) in [5, 5.41) is 6.45. The van der Waals surface area contributed by atoms with E-state index in [4.69, 9.17) is 4.74 Å². The molecule has 2 rings (SSSR count). The van der Waals surface area contributed by atoms with E-state index < -0.39 is 6.09 Å². The first-order valence-corrected chi connectivity index (χ1v) is 7.81. The van der Waals surface area contributed by atoms with Crippen molar-refractivity contribution in [3.8, 4) is 5.75 Å². The summed E-state index contributed by atoms with van der Waals surface area (Å²) >= 11 is 0. The van der Waals surface area contributed by atoms with Gasteiger partial charge in [-0.2, -0.15) is 0 Å². The Morgan fingerprint density at radius 1 is 1.21 bits per heavy atom. The molecule has 0 aliphatic heterocycles. The van der Waals surface area contributed by atoms with Gasteiger partial charge in [-0.05, 0) is 37.1 Å². The third-order valence-electron chi connectivity index (χ3n) is 3.67. The fourth-order valence-electron chi connectivity index (χ4n) is 2.53. The highest BCUT2D eigenvalue weighted by atomic mass is 16.5. The second kappa shape index (κ2) is 8.24. The third-order valence-corrected chi connectivity index (χ3v) is 3.67. The Hall–Kier alpha value is -2.70. The molecule has 0 bridgehead atoms. The third kappa shape index (κ3) is 4.65. The molecule has 1 aromatic carbocycles. The fourth-order valence-corrected chi connectivity index (χ4v) is 2.53. The molecular weight excluding hydrogens is 310 g/mol. The van der Waals surface area contributed by atoms with Crippen molar-refractivity contribution in [2.75, 3.05) is 26.8 Å². The molecule has 0 fully saturated rings. The molecular formula is C17H23N3O4. The van der Waals surface area contributed by atoms with Gasteiger partial charge in [-0.1, -0.05) is 0 Å². The van der Waals surface area contributed by atoms with Crippen LogP contribution in [0.2, 0.25) is 0 Å². The lowest BCUT2D eigenvalue weighted by Gasteiger charge is -2.08. The summed E-state index contributed by atoms with van der Waals surface area (Å²) in [6, 6.07) is 5.82. The fraction of sp³-hybridized carbons (Fsp3) is 0.412. The van der Waals surface area contributed by atoms with Gasteiger partial charge < -0.3 is 25.1 Å². The van der Waals surface area contributed by atoms with E-state index in [0.29, 0.717) is 19.7 Å². The lowest BCUT2D eigenvalue weighted by molar-refractivity contribution is -0.118. The van der Waals surface area contributed by atoms with E-state index in [9.17, 15) is 9.59 Å². The van der Waals surface area contributed by atoms with Crippen LogP contribution in [0.5, 0.6) is 5.75 Å². The van der Waals surface area contributed by atoms with Gasteiger partial charge in [0.1, 0.15) is 12.4 Å². The largest absolute Gasteiger partial charge is 0.492 e. The van der Waals surface area contributed by atoms with Gasteiger partial charge in [0.2, 0.25) is 5.91 Å². The van der Waals surface area contributed by atoms with E-state index in [2.05, 4.69) is 20.4 Å². The number of rotatable bonds is 7. The molecule has 24 heavy (non-hydrogen) atoms. The van der Waals surface area contributed by atoms with Crippen LogP contribution < -0.4 is 15.4 Å². The number of hydrogen-bond donors (Lipinski definition) is 3. The number of ether oxygens (including phenoxy) is 2. The predicted molar refractivity (Wildman–Crippen MR) is 91.3 cm³/mol. The Kier molecular flexibility index (Phi) is 6.06. The van der Waals surface area contributed by atoms with Gasteiger partial charge in [-0.25, -0.2) is 4.79 Å².